The third-order valence-electron chi connectivity index (χ3n) is 2.07. The number of hydrogen-bond acceptors (Lipinski definition) is 4. The van der Waals surface area contributed by atoms with Gasteiger partial charge in [-0.25, -0.2) is 0 Å². The minimum Gasteiger partial charge on any atom is -0.501 e. The number of allylic oxidation sites excluding steroid dienone is 1. The molecule has 0 aromatic carbocycles. The van der Waals surface area contributed by atoms with Crippen molar-refractivity contribution in [3.05, 3.63) is 35.9 Å². The number of Topliss-reactive ketones (excluding diaryl/α,β-unsaturated/α-hetero) is 1. The van der Waals surface area contributed by atoms with Crippen LogP contribution in [0.1, 0.15) is 23.2 Å². The van der Waals surface area contributed by atoms with Crippen LogP contribution in [0.3, 0.4) is 0 Å². The molecule has 0 radical (unpaired) electrons. The standard InChI is InChI=1S/C10H10N2O2/c13-10(8-3-4-11-12-6-8)9-2-1-5-14-7-9/h3-4,6-7H,1-2,5H2. The molecule has 0 amide bonds. The van der Waals surface area contributed by atoms with E-state index in [4.69, 9.17) is 4.74 Å². The van der Waals surface area contributed by atoms with E-state index in [1.165, 1.54) is 12.4 Å². The van der Waals surface area contributed by atoms with Crippen LogP contribution in [-0.4, -0.2) is 22.6 Å². The summed E-state index contributed by atoms with van der Waals surface area (Å²) < 4.78 is 5.11. The lowest BCUT2D eigenvalue weighted by Crippen LogP contribution is -2.09. The SMILES string of the molecule is O=C(C1=COCCC1)c1ccnnc1. The number of rotatable bonds is 2. The molecule has 4 nitrogen and oxygen atoms in total. The highest BCUT2D eigenvalue weighted by Crippen LogP contribution is 2.16. The van der Waals surface area contributed by atoms with Crippen molar-refractivity contribution in [1.82, 2.24) is 10.2 Å². The van der Waals surface area contributed by atoms with Gasteiger partial charge >= 0.3 is 0 Å². The summed E-state index contributed by atoms with van der Waals surface area (Å²) in [5.74, 6) is -0.0143. The molecule has 0 unspecified atom stereocenters. The fourth-order valence-corrected chi connectivity index (χ4v) is 1.34. The van der Waals surface area contributed by atoms with Gasteiger partial charge in [-0.15, -0.1) is 0 Å². The number of carbonyl (C=O) groups is 1. The predicted molar refractivity (Wildman–Crippen MR) is 49.6 cm³/mol. The molecule has 1 aliphatic heterocycles. The Hall–Kier alpha value is -1.71. The first-order valence-corrected chi connectivity index (χ1v) is 4.50. The van der Waals surface area contributed by atoms with E-state index >= 15 is 0 Å². The molecular formula is C10H10N2O2. The van der Waals surface area contributed by atoms with E-state index in [1.54, 1.807) is 12.3 Å². The maximum atomic E-state index is 11.8. The van der Waals surface area contributed by atoms with Crippen LogP contribution in [-0.2, 0) is 4.74 Å². The zero-order chi connectivity index (χ0) is 9.80. The quantitative estimate of drug-likeness (QED) is 0.660. The summed E-state index contributed by atoms with van der Waals surface area (Å²) >= 11 is 0. The molecule has 2 rings (SSSR count). The summed E-state index contributed by atoms with van der Waals surface area (Å²) in [5.41, 5.74) is 1.28. The van der Waals surface area contributed by atoms with Crippen molar-refractivity contribution in [2.24, 2.45) is 0 Å². The molecule has 0 atom stereocenters. The Morgan fingerprint density at radius 2 is 2.36 bits per heavy atom. The minimum atomic E-state index is -0.0143. The summed E-state index contributed by atoms with van der Waals surface area (Å²) in [4.78, 5) is 11.8. The molecule has 0 bridgehead atoms. The Labute approximate surface area is 81.6 Å². The smallest absolute Gasteiger partial charge is 0.193 e. The van der Waals surface area contributed by atoms with Crippen LogP contribution in [0.5, 0.6) is 0 Å². The zero-order valence-corrected chi connectivity index (χ0v) is 7.64. The van der Waals surface area contributed by atoms with Crippen LogP contribution < -0.4 is 0 Å². The van der Waals surface area contributed by atoms with Gasteiger partial charge in [-0.3, -0.25) is 4.79 Å². The van der Waals surface area contributed by atoms with E-state index in [0.717, 1.165) is 12.8 Å². The van der Waals surface area contributed by atoms with Crippen LogP contribution in [0.15, 0.2) is 30.3 Å². The van der Waals surface area contributed by atoms with Gasteiger partial charge in [0.1, 0.15) is 0 Å². The van der Waals surface area contributed by atoms with Gasteiger partial charge in [-0.1, -0.05) is 0 Å². The average molecular weight is 190 g/mol. The lowest BCUT2D eigenvalue weighted by atomic mass is 10.0. The first kappa shape index (κ1) is 8.87. The topological polar surface area (TPSA) is 52.1 Å². The van der Waals surface area contributed by atoms with Gasteiger partial charge < -0.3 is 4.74 Å². The van der Waals surface area contributed by atoms with Crippen molar-refractivity contribution in [3.63, 3.8) is 0 Å². The highest BCUT2D eigenvalue weighted by atomic mass is 16.5. The molecule has 2 heterocycles. The Morgan fingerprint density at radius 1 is 1.43 bits per heavy atom. The molecule has 0 aliphatic carbocycles. The van der Waals surface area contributed by atoms with E-state index in [0.29, 0.717) is 17.7 Å². The number of carbonyl (C=O) groups excluding carboxylic acids is 1. The molecule has 4 heteroatoms. The van der Waals surface area contributed by atoms with Gasteiger partial charge in [0.2, 0.25) is 0 Å². The van der Waals surface area contributed by atoms with Gasteiger partial charge in [-0.05, 0) is 18.9 Å². The van der Waals surface area contributed by atoms with Gasteiger partial charge in [0, 0.05) is 11.1 Å². The van der Waals surface area contributed by atoms with Gasteiger partial charge in [0.25, 0.3) is 0 Å². The Bertz CT molecular complexity index is 360. The van der Waals surface area contributed by atoms with Crippen molar-refractivity contribution in [2.45, 2.75) is 12.8 Å². The second-order valence-corrected chi connectivity index (χ2v) is 3.08. The second kappa shape index (κ2) is 4.00. The Balaban J connectivity index is 2.20. The molecule has 1 aromatic heterocycles. The Morgan fingerprint density at radius 3 is 3.00 bits per heavy atom. The molecule has 0 saturated carbocycles. The monoisotopic (exact) mass is 190 g/mol. The van der Waals surface area contributed by atoms with E-state index in [2.05, 4.69) is 10.2 Å². The third kappa shape index (κ3) is 1.79. The zero-order valence-electron chi connectivity index (χ0n) is 7.64. The first-order valence-electron chi connectivity index (χ1n) is 4.50. The first-order chi connectivity index (χ1) is 6.88. The van der Waals surface area contributed by atoms with Crippen molar-refractivity contribution < 1.29 is 9.53 Å². The normalized spacial score (nSPS) is 15.6. The maximum Gasteiger partial charge on any atom is 0.193 e. The summed E-state index contributed by atoms with van der Waals surface area (Å²) in [6.45, 7) is 0.700. The number of ether oxygens (including phenoxy) is 1. The number of nitrogens with zero attached hydrogens (tertiary/aromatic N) is 2. The van der Waals surface area contributed by atoms with E-state index < -0.39 is 0 Å². The highest BCUT2D eigenvalue weighted by molar-refractivity contribution is 6.08. The number of hydrogen-bond donors (Lipinski definition) is 0. The lowest BCUT2D eigenvalue weighted by Gasteiger charge is -2.11. The third-order valence-corrected chi connectivity index (χ3v) is 2.07. The summed E-state index contributed by atoms with van der Waals surface area (Å²) in [5, 5.41) is 7.28. The fraction of sp³-hybridized carbons (Fsp3) is 0.300. The predicted octanol–water partition coefficient (Wildman–Crippen LogP) is 1.35. The van der Waals surface area contributed by atoms with Gasteiger partial charge in [0.15, 0.2) is 5.78 Å². The molecule has 0 fully saturated rings. The molecule has 1 aliphatic rings. The van der Waals surface area contributed by atoms with Crippen molar-refractivity contribution in [2.75, 3.05) is 6.61 Å². The largest absolute Gasteiger partial charge is 0.501 e. The fourth-order valence-electron chi connectivity index (χ4n) is 1.34. The highest BCUT2D eigenvalue weighted by Gasteiger charge is 2.15. The van der Waals surface area contributed by atoms with Crippen LogP contribution >= 0.6 is 0 Å². The van der Waals surface area contributed by atoms with Gasteiger partial charge in [0.05, 0.1) is 25.3 Å². The van der Waals surface area contributed by atoms with Crippen LogP contribution in [0.4, 0.5) is 0 Å². The second-order valence-electron chi connectivity index (χ2n) is 3.08. The van der Waals surface area contributed by atoms with E-state index in [9.17, 15) is 4.79 Å². The van der Waals surface area contributed by atoms with Crippen molar-refractivity contribution >= 4 is 5.78 Å². The lowest BCUT2D eigenvalue weighted by molar-refractivity contribution is 0.101. The van der Waals surface area contributed by atoms with E-state index in [1.807, 2.05) is 0 Å². The Kier molecular flexibility index (Phi) is 2.53. The number of ketones is 1. The molecular weight excluding hydrogens is 180 g/mol. The molecule has 0 saturated heterocycles. The summed E-state index contributed by atoms with van der Waals surface area (Å²) in [6.07, 6.45) is 6.21. The summed E-state index contributed by atoms with van der Waals surface area (Å²) in [7, 11) is 0. The average Bonchev–Trinajstić information content (AvgIpc) is 2.30. The molecule has 1 aromatic rings. The van der Waals surface area contributed by atoms with Crippen molar-refractivity contribution in [3.8, 4) is 0 Å². The van der Waals surface area contributed by atoms with E-state index in [-0.39, 0.29) is 5.78 Å². The van der Waals surface area contributed by atoms with Crippen molar-refractivity contribution in [1.29, 1.82) is 0 Å². The number of aromatic nitrogens is 2. The van der Waals surface area contributed by atoms with Gasteiger partial charge in [-0.2, -0.15) is 10.2 Å². The van der Waals surface area contributed by atoms with Crippen LogP contribution in [0.2, 0.25) is 0 Å². The maximum absolute atomic E-state index is 11.8. The molecule has 0 spiro atoms. The van der Waals surface area contributed by atoms with Crippen LogP contribution in [0.25, 0.3) is 0 Å². The molecule has 0 N–H and O–H groups in total. The molecule has 14 heavy (non-hydrogen) atoms. The van der Waals surface area contributed by atoms with Crippen LogP contribution in [0, 0.1) is 0 Å². The summed E-state index contributed by atoms with van der Waals surface area (Å²) in [6, 6.07) is 1.66. The molecule has 72 valence electrons. The minimum absolute atomic E-state index is 0.0143.